The largest absolute Gasteiger partial charge is 0.416 e. The molecule has 0 amide bonds. The van der Waals surface area contributed by atoms with Crippen LogP contribution in [0.4, 0.5) is 29.2 Å². The molecule has 3 rings (SSSR count). The first-order valence-corrected chi connectivity index (χ1v) is 12.0. The summed E-state index contributed by atoms with van der Waals surface area (Å²) in [5, 5.41) is 5.96. The highest BCUT2D eigenvalue weighted by molar-refractivity contribution is 5.84. The van der Waals surface area contributed by atoms with Gasteiger partial charge in [0.1, 0.15) is 5.82 Å². The number of anilines is 2. The van der Waals surface area contributed by atoms with Crippen molar-refractivity contribution in [2.75, 3.05) is 17.7 Å². The van der Waals surface area contributed by atoms with Crippen molar-refractivity contribution in [3.63, 3.8) is 0 Å². The molecule has 0 unspecified atom stereocenters. The molecule has 9 heteroatoms. The fraction of sp³-hybridized carbons (Fsp3) is 0.167. The maximum absolute atomic E-state index is 14.9. The van der Waals surface area contributed by atoms with Gasteiger partial charge in [-0.1, -0.05) is 49.1 Å². The van der Waals surface area contributed by atoms with Gasteiger partial charge < -0.3 is 10.6 Å². The number of nitrogens with one attached hydrogen (secondary N) is 2. The molecule has 2 aromatic carbocycles. The number of hydrogen-bond acceptors (Lipinski definition) is 5. The van der Waals surface area contributed by atoms with Crippen molar-refractivity contribution < 1.29 is 17.6 Å². The van der Waals surface area contributed by atoms with Crippen LogP contribution < -0.4 is 10.6 Å². The number of halogens is 4. The Labute approximate surface area is 225 Å². The first-order valence-electron chi connectivity index (χ1n) is 12.0. The molecule has 0 bridgehead atoms. The highest BCUT2D eigenvalue weighted by Gasteiger charge is 2.30. The van der Waals surface area contributed by atoms with Crippen molar-refractivity contribution in [2.24, 2.45) is 4.99 Å². The van der Waals surface area contributed by atoms with E-state index in [-0.39, 0.29) is 12.1 Å². The van der Waals surface area contributed by atoms with Crippen LogP contribution in [0.3, 0.4) is 0 Å². The normalized spacial score (nSPS) is 12.8. The van der Waals surface area contributed by atoms with E-state index in [0.29, 0.717) is 28.3 Å². The van der Waals surface area contributed by atoms with Gasteiger partial charge in [-0.2, -0.15) is 13.2 Å². The van der Waals surface area contributed by atoms with Crippen LogP contribution in [0.15, 0.2) is 108 Å². The SMILES string of the molecule is C=C(Cc1ccc(-c2cnc(NC(/C=N\C)=C(C)\C=C/C=C\C)nc2)cc1F)Nc1cccc(C(F)(F)F)c1. The predicted molar refractivity (Wildman–Crippen MR) is 150 cm³/mol. The summed E-state index contributed by atoms with van der Waals surface area (Å²) in [7, 11) is 1.67. The van der Waals surface area contributed by atoms with Gasteiger partial charge in [0.05, 0.1) is 11.3 Å². The van der Waals surface area contributed by atoms with E-state index < -0.39 is 17.6 Å². The molecule has 0 aliphatic carbocycles. The van der Waals surface area contributed by atoms with Crippen LogP contribution in [-0.2, 0) is 12.6 Å². The zero-order valence-electron chi connectivity index (χ0n) is 21.9. The first kappa shape index (κ1) is 29.0. The molecule has 0 aliphatic heterocycles. The Morgan fingerprint density at radius 3 is 2.41 bits per heavy atom. The van der Waals surface area contributed by atoms with Crippen LogP contribution in [0, 0.1) is 5.82 Å². The van der Waals surface area contributed by atoms with Gasteiger partial charge in [-0.25, -0.2) is 14.4 Å². The Morgan fingerprint density at radius 2 is 1.77 bits per heavy atom. The van der Waals surface area contributed by atoms with Crippen LogP contribution in [-0.4, -0.2) is 23.2 Å². The number of aliphatic imine (C=N–C) groups is 1. The van der Waals surface area contributed by atoms with Crippen molar-refractivity contribution in [1.29, 1.82) is 0 Å². The maximum atomic E-state index is 14.9. The van der Waals surface area contributed by atoms with Gasteiger partial charge in [0.2, 0.25) is 5.95 Å². The molecular weight excluding hydrogens is 506 g/mol. The molecular formula is C30H29F4N5. The second-order valence-corrected chi connectivity index (χ2v) is 8.58. The van der Waals surface area contributed by atoms with E-state index in [0.717, 1.165) is 23.4 Å². The van der Waals surface area contributed by atoms with Crippen molar-refractivity contribution in [1.82, 2.24) is 9.97 Å². The Bertz CT molecular complexity index is 1420. The van der Waals surface area contributed by atoms with E-state index in [1.807, 2.05) is 38.2 Å². The van der Waals surface area contributed by atoms with E-state index in [1.54, 1.807) is 37.8 Å². The molecule has 39 heavy (non-hydrogen) atoms. The number of hydrogen-bond donors (Lipinski definition) is 2. The number of nitrogens with zero attached hydrogens (tertiary/aromatic N) is 3. The Morgan fingerprint density at radius 1 is 1.03 bits per heavy atom. The van der Waals surface area contributed by atoms with Gasteiger partial charge in [0, 0.05) is 49.0 Å². The summed E-state index contributed by atoms with van der Waals surface area (Å²) in [6.07, 6.45) is 8.19. The molecule has 3 aromatic rings. The summed E-state index contributed by atoms with van der Waals surface area (Å²) in [6, 6.07) is 9.46. The average Bonchev–Trinajstić information content (AvgIpc) is 2.90. The van der Waals surface area contributed by atoms with Gasteiger partial charge in [-0.3, -0.25) is 4.99 Å². The lowest BCUT2D eigenvalue weighted by molar-refractivity contribution is -0.137. The summed E-state index contributed by atoms with van der Waals surface area (Å²) in [5.74, 6) is -0.115. The number of benzene rings is 2. The van der Waals surface area contributed by atoms with Crippen LogP contribution >= 0.6 is 0 Å². The van der Waals surface area contributed by atoms with Gasteiger partial charge in [-0.05, 0) is 54.8 Å². The van der Waals surface area contributed by atoms with Crippen LogP contribution in [0.5, 0.6) is 0 Å². The zero-order valence-corrected chi connectivity index (χ0v) is 21.9. The summed E-state index contributed by atoms with van der Waals surface area (Å²) in [4.78, 5) is 12.8. The van der Waals surface area contributed by atoms with Gasteiger partial charge in [0.15, 0.2) is 0 Å². The molecule has 0 atom stereocenters. The second-order valence-electron chi connectivity index (χ2n) is 8.58. The topological polar surface area (TPSA) is 62.2 Å². The predicted octanol–water partition coefficient (Wildman–Crippen LogP) is 7.99. The highest BCUT2D eigenvalue weighted by Crippen LogP contribution is 2.31. The molecule has 1 aromatic heterocycles. The van der Waals surface area contributed by atoms with E-state index in [2.05, 4.69) is 32.2 Å². The number of aromatic nitrogens is 2. The number of alkyl halides is 3. The maximum Gasteiger partial charge on any atom is 0.416 e. The lowest BCUT2D eigenvalue weighted by atomic mass is 10.0. The summed E-state index contributed by atoms with van der Waals surface area (Å²) < 4.78 is 53.8. The minimum absolute atomic E-state index is 0.0949. The Balaban J connectivity index is 1.69. The van der Waals surface area contributed by atoms with E-state index in [4.69, 9.17) is 0 Å². The van der Waals surface area contributed by atoms with E-state index in [9.17, 15) is 17.6 Å². The number of allylic oxidation sites excluding steroid dienone is 7. The fourth-order valence-corrected chi connectivity index (χ4v) is 3.55. The lowest BCUT2D eigenvalue weighted by Crippen LogP contribution is -2.07. The van der Waals surface area contributed by atoms with Crippen molar-refractivity contribution >= 4 is 17.9 Å². The molecule has 0 aliphatic rings. The molecule has 5 nitrogen and oxygen atoms in total. The van der Waals surface area contributed by atoms with Crippen LogP contribution in [0.25, 0.3) is 11.1 Å². The third-order valence-corrected chi connectivity index (χ3v) is 5.53. The molecule has 0 radical (unpaired) electrons. The monoisotopic (exact) mass is 535 g/mol. The molecule has 202 valence electrons. The van der Waals surface area contributed by atoms with E-state index >= 15 is 0 Å². The van der Waals surface area contributed by atoms with Crippen LogP contribution in [0.2, 0.25) is 0 Å². The quantitative estimate of drug-likeness (QED) is 0.157. The standard InChI is InChI=1S/C30H29F4N5/c1-5-6-7-9-20(2)28(19-35-4)39-29-36-17-24(18-37-29)22-12-13-23(27(31)15-22)14-21(3)38-26-11-8-10-25(16-26)30(32,33)34/h5-13,15-19,38H,3,14H2,1-2,4H3,(H,36,37,39)/b6-5-,9-7-,28-20-,35-19-. The molecule has 0 saturated heterocycles. The number of rotatable bonds is 10. The highest BCUT2D eigenvalue weighted by atomic mass is 19.4. The molecule has 2 N–H and O–H groups in total. The van der Waals surface area contributed by atoms with Crippen molar-refractivity contribution in [3.8, 4) is 11.1 Å². The zero-order chi connectivity index (χ0) is 28.4. The molecule has 1 heterocycles. The van der Waals surface area contributed by atoms with Gasteiger partial charge >= 0.3 is 6.18 Å². The summed E-state index contributed by atoms with van der Waals surface area (Å²) in [6.45, 7) is 7.70. The average molecular weight is 536 g/mol. The molecule has 0 spiro atoms. The van der Waals surface area contributed by atoms with Crippen LogP contribution in [0.1, 0.15) is 25.0 Å². The lowest BCUT2D eigenvalue weighted by Gasteiger charge is -2.13. The van der Waals surface area contributed by atoms with Gasteiger partial charge in [-0.15, -0.1) is 0 Å². The Kier molecular flexibility index (Phi) is 9.92. The first-order chi connectivity index (χ1) is 18.6. The third kappa shape index (κ3) is 8.49. The van der Waals surface area contributed by atoms with Crippen molar-refractivity contribution in [2.45, 2.75) is 26.4 Å². The molecule has 0 fully saturated rings. The molecule has 0 saturated carbocycles. The minimum atomic E-state index is -4.45. The van der Waals surface area contributed by atoms with E-state index in [1.165, 1.54) is 18.2 Å². The minimum Gasteiger partial charge on any atom is -0.359 e. The van der Waals surface area contributed by atoms with Crippen molar-refractivity contribution in [3.05, 3.63) is 120 Å². The Hall–Kier alpha value is -4.53. The third-order valence-electron chi connectivity index (χ3n) is 5.53. The summed E-state index contributed by atoms with van der Waals surface area (Å²) >= 11 is 0. The second kappa shape index (κ2) is 13.3. The smallest absolute Gasteiger partial charge is 0.359 e. The fourth-order valence-electron chi connectivity index (χ4n) is 3.55. The summed E-state index contributed by atoms with van der Waals surface area (Å²) in [5.41, 5.74) is 3.02. The van der Waals surface area contributed by atoms with Gasteiger partial charge in [0.25, 0.3) is 0 Å².